The van der Waals surface area contributed by atoms with Crippen molar-refractivity contribution in [1.29, 1.82) is 0 Å². The van der Waals surface area contributed by atoms with Gasteiger partial charge >= 0.3 is 6.61 Å². The van der Waals surface area contributed by atoms with Gasteiger partial charge in [-0.1, -0.05) is 28.1 Å². The molecule has 0 heterocycles. The van der Waals surface area contributed by atoms with E-state index in [0.29, 0.717) is 22.3 Å². The Morgan fingerprint density at radius 2 is 1.90 bits per heavy atom. The summed E-state index contributed by atoms with van der Waals surface area (Å²) >= 11 is 3.19. The second-order valence-corrected chi connectivity index (χ2v) is 4.92. The van der Waals surface area contributed by atoms with Gasteiger partial charge < -0.3 is 10.1 Å². The topological polar surface area (TPSA) is 21.3 Å². The lowest BCUT2D eigenvalue weighted by molar-refractivity contribution is -0.0493. The lowest BCUT2D eigenvalue weighted by Crippen LogP contribution is -2.06. The summed E-state index contributed by atoms with van der Waals surface area (Å²) in [6, 6.07) is 10.8. The fourth-order valence-electron chi connectivity index (χ4n) is 1.72. The Morgan fingerprint density at radius 3 is 2.60 bits per heavy atom. The molecule has 2 aromatic rings. The Kier molecular flexibility index (Phi) is 4.89. The summed E-state index contributed by atoms with van der Waals surface area (Å²) < 4.78 is 42.8. The highest BCUT2D eigenvalue weighted by atomic mass is 79.9. The van der Waals surface area contributed by atoms with E-state index in [2.05, 4.69) is 26.0 Å². The minimum atomic E-state index is -2.89. The van der Waals surface area contributed by atoms with E-state index in [-0.39, 0.29) is 11.6 Å². The number of rotatable bonds is 5. The number of hydrogen-bond donors (Lipinski definition) is 1. The Hall–Kier alpha value is -1.69. The van der Waals surface area contributed by atoms with Gasteiger partial charge in [-0.05, 0) is 35.9 Å². The predicted octanol–water partition coefficient (Wildman–Crippen LogP) is 4.80. The van der Waals surface area contributed by atoms with Gasteiger partial charge in [-0.2, -0.15) is 8.78 Å². The van der Waals surface area contributed by atoms with Crippen molar-refractivity contribution in [2.24, 2.45) is 0 Å². The summed E-state index contributed by atoms with van der Waals surface area (Å²) in [6.45, 7) is -2.60. The second kappa shape index (κ2) is 6.65. The zero-order valence-electron chi connectivity index (χ0n) is 10.2. The van der Waals surface area contributed by atoms with Crippen LogP contribution < -0.4 is 10.1 Å². The van der Waals surface area contributed by atoms with Crippen LogP contribution in [0.1, 0.15) is 5.56 Å². The van der Waals surface area contributed by atoms with Crippen molar-refractivity contribution in [3.63, 3.8) is 0 Å². The Balaban J connectivity index is 2.10. The van der Waals surface area contributed by atoms with Gasteiger partial charge in [-0.15, -0.1) is 0 Å². The van der Waals surface area contributed by atoms with E-state index in [9.17, 15) is 13.2 Å². The number of alkyl halides is 2. The molecule has 0 aliphatic heterocycles. The van der Waals surface area contributed by atoms with Crippen LogP contribution in [0.5, 0.6) is 5.75 Å². The van der Waals surface area contributed by atoms with Crippen molar-refractivity contribution in [1.82, 2.24) is 0 Å². The molecule has 0 fully saturated rings. The van der Waals surface area contributed by atoms with Gasteiger partial charge in [-0.3, -0.25) is 0 Å². The van der Waals surface area contributed by atoms with E-state index in [1.54, 1.807) is 24.3 Å². The van der Waals surface area contributed by atoms with Crippen LogP contribution in [0, 0.1) is 5.82 Å². The van der Waals surface area contributed by atoms with E-state index in [4.69, 9.17) is 0 Å². The smallest absolute Gasteiger partial charge is 0.387 e. The molecule has 0 spiro atoms. The summed E-state index contributed by atoms with van der Waals surface area (Å²) in [5, 5.41) is 2.94. The number of benzene rings is 2. The minimum Gasteiger partial charge on any atom is -0.433 e. The SMILES string of the molecule is Fc1cc(Br)cc(CNc2ccccc2OC(F)F)c1. The molecule has 0 unspecified atom stereocenters. The van der Waals surface area contributed by atoms with Crippen LogP contribution in [0.15, 0.2) is 46.9 Å². The van der Waals surface area contributed by atoms with Crippen LogP contribution in [0.2, 0.25) is 0 Å². The summed E-state index contributed by atoms with van der Waals surface area (Å²) in [7, 11) is 0. The highest BCUT2D eigenvalue weighted by Gasteiger charge is 2.09. The average Bonchev–Trinajstić information content (AvgIpc) is 2.36. The molecule has 20 heavy (non-hydrogen) atoms. The molecule has 0 aliphatic carbocycles. The van der Waals surface area contributed by atoms with Crippen LogP contribution in [-0.4, -0.2) is 6.61 Å². The van der Waals surface area contributed by atoms with Crippen LogP contribution in [0.4, 0.5) is 18.9 Å². The highest BCUT2D eigenvalue weighted by molar-refractivity contribution is 9.10. The maximum Gasteiger partial charge on any atom is 0.387 e. The van der Waals surface area contributed by atoms with Crippen LogP contribution in [-0.2, 0) is 6.54 Å². The largest absolute Gasteiger partial charge is 0.433 e. The van der Waals surface area contributed by atoms with E-state index in [1.807, 2.05) is 0 Å². The van der Waals surface area contributed by atoms with Crippen molar-refractivity contribution in [2.75, 3.05) is 5.32 Å². The molecule has 0 saturated carbocycles. The van der Waals surface area contributed by atoms with Gasteiger partial charge in [0.25, 0.3) is 0 Å². The van der Waals surface area contributed by atoms with E-state index >= 15 is 0 Å². The van der Waals surface area contributed by atoms with Crippen molar-refractivity contribution in [3.8, 4) is 5.75 Å². The van der Waals surface area contributed by atoms with Gasteiger partial charge in [0.1, 0.15) is 11.6 Å². The molecule has 0 saturated heterocycles. The monoisotopic (exact) mass is 345 g/mol. The number of halogens is 4. The van der Waals surface area contributed by atoms with Gasteiger partial charge in [0.15, 0.2) is 0 Å². The first-order valence-corrected chi connectivity index (χ1v) is 6.56. The summed E-state index contributed by atoms with van der Waals surface area (Å²) in [5.74, 6) is -0.314. The van der Waals surface area contributed by atoms with Gasteiger partial charge in [0.05, 0.1) is 5.69 Å². The number of para-hydroxylation sites is 2. The van der Waals surface area contributed by atoms with Crippen LogP contribution >= 0.6 is 15.9 Å². The summed E-state index contributed by atoms with van der Waals surface area (Å²) in [5.41, 5.74) is 1.11. The summed E-state index contributed by atoms with van der Waals surface area (Å²) in [6.07, 6.45) is 0. The normalized spacial score (nSPS) is 10.7. The number of ether oxygens (including phenoxy) is 1. The van der Waals surface area contributed by atoms with Crippen molar-refractivity contribution < 1.29 is 17.9 Å². The molecule has 0 amide bonds. The van der Waals surface area contributed by atoms with Crippen LogP contribution in [0.3, 0.4) is 0 Å². The maximum absolute atomic E-state index is 13.2. The Labute approximate surface area is 122 Å². The Morgan fingerprint density at radius 1 is 1.15 bits per heavy atom. The molecular weight excluding hydrogens is 335 g/mol. The standard InChI is InChI=1S/C14H11BrF3NO/c15-10-5-9(6-11(16)7-10)8-19-12-3-1-2-4-13(12)20-14(17)18/h1-7,14,19H,8H2. The molecule has 6 heteroatoms. The number of hydrogen-bond acceptors (Lipinski definition) is 2. The van der Waals surface area contributed by atoms with Gasteiger partial charge in [0, 0.05) is 11.0 Å². The first-order valence-electron chi connectivity index (χ1n) is 5.77. The highest BCUT2D eigenvalue weighted by Crippen LogP contribution is 2.26. The lowest BCUT2D eigenvalue weighted by atomic mass is 10.2. The first kappa shape index (κ1) is 14.7. The number of anilines is 1. The molecule has 2 nitrogen and oxygen atoms in total. The van der Waals surface area contributed by atoms with Gasteiger partial charge in [-0.25, -0.2) is 4.39 Å². The molecular formula is C14H11BrF3NO. The molecule has 0 bridgehead atoms. The van der Waals surface area contributed by atoms with Crippen molar-refractivity contribution in [2.45, 2.75) is 13.2 Å². The zero-order chi connectivity index (χ0) is 14.5. The third kappa shape index (κ3) is 4.16. The van der Waals surface area contributed by atoms with Crippen molar-refractivity contribution >= 4 is 21.6 Å². The molecule has 0 aliphatic rings. The zero-order valence-corrected chi connectivity index (χ0v) is 11.8. The maximum atomic E-state index is 13.2. The van der Waals surface area contributed by atoms with E-state index in [1.165, 1.54) is 18.2 Å². The quantitative estimate of drug-likeness (QED) is 0.840. The fourth-order valence-corrected chi connectivity index (χ4v) is 2.23. The summed E-state index contributed by atoms with van der Waals surface area (Å²) in [4.78, 5) is 0. The molecule has 0 aromatic heterocycles. The number of nitrogens with one attached hydrogen (secondary N) is 1. The molecule has 106 valence electrons. The van der Waals surface area contributed by atoms with Gasteiger partial charge in [0.2, 0.25) is 0 Å². The molecule has 0 atom stereocenters. The average molecular weight is 346 g/mol. The van der Waals surface area contributed by atoms with E-state index < -0.39 is 6.61 Å². The first-order chi connectivity index (χ1) is 9.54. The third-order valence-corrected chi connectivity index (χ3v) is 2.97. The molecule has 0 radical (unpaired) electrons. The van der Waals surface area contributed by atoms with E-state index in [0.717, 1.165) is 0 Å². The predicted molar refractivity (Wildman–Crippen MR) is 74.5 cm³/mol. The Bertz CT molecular complexity index is 572. The van der Waals surface area contributed by atoms with Crippen LogP contribution in [0.25, 0.3) is 0 Å². The molecule has 2 rings (SSSR count). The second-order valence-electron chi connectivity index (χ2n) is 4.01. The molecule has 1 N–H and O–H groups in total. The molecule has 2 aromatic carbocycles. The third-order valence-electron chi connectivity index (χ3n) is 2.51. The lowest BCUT2D eigenvalue weighted by Gasteiger charge is -2.12. The van der Waals surface area contributed by atoms with Crippen molar-refractivity contribution in [3.05, 3.63) is 58.3 Å². The fraction of sp³-hybridized carbons (Fsp3) is 0.143. The minimum absolute atomic E-state index is 0.0537.